The van der Waals surface area contributed by atoms with Crippen molar-refractivity contribution in [2.24, 2.45) is 5.73 Å². The first-order valence-electron chi connectivity index (χ1n) is 4.75. The van der Waals surface area contributed by atoms with Crippen molar-refractivity contribution < 1.29 is 4.74 Å². The molecule has 0 saturated heterocycles. The lowest BCUT2D eigenvalue weighted by molar-refractivity contribution is 0.414. The first kappa shape index (κ1) is 10.2. The maximum Gasteiger partial charge on any atom is 0.124 e. The fourth-order valence-electron chi connectivity index (χ4n) is 1.47. The number of hydrogen-bond donors (Lipinski definition) is 2. The van der Waals surface area contributed by atoms with E-state index in [1.54, 1.807) is 42.4 Å². The molecule has 1 aromatic heterocycles. The van der Waals surface area contributed by atoms with E-state index in [9.17, 15) is 0 Å². The molecule has 0 unspecified atom stereocenters. The Morgan fingerprint density at radius 2 is 2.31 bits per heavy atom. The molecule has 0 bridgehead atoms. The topological polar surface area (TPSA) is 76.9 Å². The highest BCUT2D eigenvalue weighted by Crippen LogP contribution is 2.20. The molecule has 0 radical (unpaired) electrons. The van der Waals surface area contributed by atoms with Gasteiger partial charge in [0.2, 0.25) is 0 Å². The molecule has 0 aliphatic heterocycles. The average Bonchev–Trinajstić information content (AvgIpc) is 2.81. The third-order valence-electron chi connectivity index (χ3n) is 2.25. The Kier molecular flexibility index (Phi) is 2.59. The molecule has 2 rings (SSSR count). The SMILES string of the molecule is COc1ccc(C(=N)N)c(-n2cccn2)c1. The Morgan fingerprint density at radius 3 is 2.88 bits per heavy atom. The lowest BCUT2D eigenvalue weighted by Gasteiger charge is -2.10. The van der Waals surface area contributed by atoms with Crippen LogP contribution in [0.5, 0.6) is 5.75 Å². The number of aromatic nitrogens is 2. The van der Waals surface area contributed by atoms with Crippen molar-refractivity contribution >= 4 is 5.84 Å². The van der Waals surface area contributed by atoms with Crippen molar-refractivity contribution in [3.05, 3.63) is 42.2 Å². The number of amidine groups is 1. The summed E-state index contributed by atoms with van der Waals surface area (Å²) >= 11 is 0. The fourth-order valence-corrected chi connectivity index (χ4v) is 1.47. The van der Waals surface area contributed by atoms with E-state index in [0.29, 0.717) is 11.3 Å². The number of nitrogens with two attached hydrogens (primary N) is 1. The van der Waals surface area contributed by atoms with Gasteiger partial charge in [-0.25, -0.2) is 4.68 Å². The number of nitrogens with one attached hydrogen (secondary N) is 1. The van der Waals surface area contributed by atoms with Gasteiger partial charge in [0.15, 0.2) is 0 Å². The minimum atomic E-state index is 0.00755. The van der Waals surface area contributed by atoms with Gasteiger partial charge in [-0.2, -0.15) is 5.10 Å². The van der Waals surface area contributed by atoms with Crippen LogP contribution in [-0.4, -0.2) is 22.7 Å². The molecule has 82 valence electrons. The largest absolute Gasteiger partial charge is 0.497 e. The summed E-state index contributed by atoms with van der Waals surface area (Å²) in [6, 6.07) is 7.12. The van der Waals surface area contributed by atoms with Gasteiger partial charge >= 0.3 is 0 Å². The number of nitrogens with zero attached hydrogens (tertiary/aromatic N) is 2. The van der Waals surface area contributed by atoms with Gasteiger partial charge in [-0.3, -0.25) is 5.41 Å². The second kappa shape index (κ2) is 4.06. The number of hydrogen-bond acceptors (Lipinski definition) is 3. The normalized spacial score (nSPS) is 10.1. The molecule has 0 aliphatic rings. The van der Waals surface area contributed by atoms with E-state index in [1.165, 1.54) is 0 Å². The molecule has 0 amide bonds. The molecule has 0 atom stereocenters. The molecular formula is C11H12N4O. The van der Waals surface area contributed by atoms with Crippen molar-refractivity contribution in [1.29, 1.82) is 5.41 Å². The second-order valence-corrected chi connectivity index (χ2v) is 3.25. The van der Waals surface area contributed by atoms with Crippen LogP contribution in [0.25, 0.3) is 5.69 Å². The molecule has 5 nitrogen and oxygen atoms in total. The van der Waals surface area contributed by atoms with E-state index in [0.717, 1.165) is 5.69 Å². The van der Waals surface area contributed by atoms with Crippen molar-refractivity contribution in [2.75, 3.05) is 7.11 Å². The van der Waals surface area contributed by atoms with Gasteiger partial charge in [0.1, 0.15) is 11.6 Å². The summed E-state index contributed by atoms with van der Waals surface area (Å²) in [5.41, 5.74) is 6.88. The average molecular weight is 216 g/mol. The van der Waals surface area contributed by atoms with Crippen molar-refractivity contribution in [2.45, 2.75) is 0 Å². The summed E-state index contributed by atoms with van der Waals surface area (Å²) in [5.74, 6) is 0.712. The van der Waals surface area contributed by atoms with Crippen LogP contribution in [0.4, 0.5) is 0 Å². The van der Waals surface area contributed by atoms with Crippen LogP contribution in [-0.2, 0) is 0 Å². The van der Waals surface area contributed by atoms with Crippen LogP contribution in [0.2, 0.25) is 0 Å². The highest BCUT2D eigenvalue weighted by Gasteiger charge is 2.08. The molecule has 2 aromatic rings. The lowest BCUT2D eigenvalue weighted by Crippen LogP contribution is -2.15. The highest BCUT2D eigenvalue weighted by atomic mass is 16.5. The molecule has 0 aliphatic carbocycles. The third-order valence-corrected chi connectivity index (χ3v) is 2.25. The van der Waals surface area contributed by atoms with E-state index >= 15 is 0 Å². The van der Waals surface area contributed by atoms with Crippen LogP contribution in [0.15, 0.2) is 36.7 Å². The monoisotopic (exact) mass is 216 g/mol. The number of ether oxygens (including phenoxy) is 1. The molecule has 5 heteroatoms. The second-order valence-electron chi connectivity index (χ2n) is 3.25. The van der Waals surface area contributed by atoms with Gasteiger partial charge in [0.25, 0.3) is 0 Å². The Labute approximate surface area is 93.0 Å². The zero-order valence-corrected chi connectivity index (χ0v) is 8.84. The maximum absolute atomic E-state index is 7.50. The van der Waals surface area contributed by atoms with Crippen LogP contribution < -0.4 is 10.5 Å². The number of nitrogen functional groups attached to an aromatic ring is 1. The van der Waals surface area contributed by atoms with Gasteiger partial charge in [-0.1, -0.05) is 0 Å². The summed E-state index contributed by atoms with van der Waals surface area (Å²) in [7, 11) is 1.59. The highest BCUT2D eigenvalue weighted by molar-refractivity contribution is 5.98. The fraction of sp³-hybridized carbons (Fsp3) is 0.0909. The summed E-state index contributed by atoms with van der Waals surface area (Å²) in [5, 5.41) is 11.6. The molecule has 0 spiro atoms. The van der Waals surface area contributed by atoms with E-state index in [-0.39, 0.29) is 5.84 Å². The quantitative estimate of drug-likeness (QED) is 0.597. The number of benzene rings is 1. The molecule has 3 N–H and O–H groups in total. The van der Waals surface area contributed by atoms with Gasteiger partial charge in [-0.15, -0.1) is 0 Å². The Bertz CT molecular complexity index is 505. The summed E-state index contributed by atoms with van der Waals surface area (Å²) in [6.07, 6.45) is 3.46. The van der Waals surface area contributed by atoms with E-state index in [1.807, 2.05) is 6.07 Å². The standard InChI is InChI=1S/C11H12N4O/c1-16-8-3-4-9(11(12)13)10(7-8)15-6-2-5-14-15/h2-7H,1H3,(H3,12,13). The zero-order chi connectivity index (χ0) is 11.5. The lowest BCUT2D eigenvalue weighted by atomic mass is 10.1. The summed E-state index contributed by atoms with van der Waals surface area (Å²) in [4.78, 5) is 0. The van der Waals surface area contributed by atoms with Crippen LogP contribution in [0, 0.1) is 5.41 Å². The molecule has 0 fully saturated rings. The summed E-state index contributed by atoms with van der Waals surface area (Å²) in [6.45, 7) is 0. The van der Waals surface area contributed by atoms with E-state index in [2.05, 4.69) is 5.10 Å². The minimum Gasteiger partial charge on any atom is -0.497 e. The molecule has 16 heavy (non-hydrogen) atoms. The van der Waals surface area contributed by atoms with Crippen molar-refractivity contribution in [1.82, 2.24) is 9.78 Å². The van der Waals surface area contributed by atoms with Gasteiger partial charge in [0, 0.05) is 24.0 Å². The van der Waals surface area contributed by atoms with E-state index < -0.39 is 0 Å². The summed E-state index contributed by atoms with van der Waals surface area (Å²) < 4.78 is 6.79. The van der Waals surface area contributed by atoms with Gasteiger partial charge < -0.3 is 10.5 Å². The predicted molar refractivity (Wildman–Crippen MR) is 61.1 cm³/mol. The predicted octanol–water partition coefficient (Wildman–Crippen LogP) is 1.16. The van der Waals surface area contributed by atoms with Gasteiger partial charge in [0.05, 0.1) is 12.8 Å². The number of methoxy groups -OCH3 is 1. The van der Waals surface area contributed by atoms with Crippen LogP contribution in [0.3, 0.4) is 0 Å². The van der Waals surface area contributed by atoms with Crippen molar-refractivity contribution in [3.63, 3.8) is 0 Å². The third kappa shape index (κ3) is 1.75. The Balaban J connectivity index is 2.59. The number of rotatable bonds is 3. The van der Waals surface area contributed by atoms with Crippen LogP contribution in [0.1, 0.15) is 5.56 Å². The molecular weight excluding hydrogens is 204 g/mol. The zero-order valence-electron chi connectivity index (χ0n) is 8.84. The smallest absolute Gasteiger partial charge is 0.124 e. The molecule has 1 heterocycles. The van der Waals surface area contributed by atoms with E-state index in [4.69, 9.17) is 15.9 Å². The first-order valence-corrected chi connectivity index (χ1v) is 4.75. The first-order chi connectivity index (χ1) is 7.72. The Hall–Kier alpha value is -2.30. The molecule has 0 saturated carbocycles. The molecule has 1 aromatic carbocycles. The Morgan fingerprint density at radius 1 is 1.50 bits per heavy atom. The van der Waals surface area contributed by atoms with Crippen LogP contribution >= 0.6 is 0 Å². The maximum atomic E-state index is 7.50. The minimum absolute atomic E-state index is 0.00755. The van der Waals surface area contributed by atoms with Gasteiger partial charge in [-0.05, 0) is 18.2 Å². The van der Waals surface area contributed by atoms with Crippen molar-refractivity contribution in [3.8, 4) is 11.4 Å².